The summed E-state index contributed by atoms with van der Waals surface area (Å²) in [6.45, 7) is 3.81. The number of para-hydroxylation sites is 1. The molecule has 0 unspecified atom stereocenters. The number of hydrogen-bond donors (Lipinski definition) is 1. The largest absolute Gasteiger partial charge is 0.506 e. The highest BCUT2D eigenvalue weighted by molar-refractivity contribution is 9.12. The van der Waals surface area contributed by atoms with E-state index in [4.69, 9.17) is 4.74 Å². The summed E-state index contributed by atoms with van der Waals surface area (Å²) in [5.74, 6) is 0.982. The van der Waals surface area contributed by atoms with Gasteiger partial charge >= 0.3 is 0 Å². The van der Waals surface area contributed by atoms with E-state index in [9.17, 15) is 5.11 Å². The number of rotatable bonds is 0. The SMILES string of the molecule is CC1(C)Oc2ccccc2C(O)=C1Br. The second kappa shape index (κ2) is 3.02. The predicted octanol–water partition coefficient (Wildman–Crippen LogP) is 3.48. The normalized spacial score (nSPS) is 18.8. The molecule has 1 aliphatic rings. The molecule has 1 heterocycles. The molecule has 1 N–H and O–H groups in total. The van der Waals surface area contributed by atoms with Gasteiger partial charge in [0.15, 0.2) is 0 Å². The molecule has 14 heavy (non-hydrogen) atoms. The zero-order valence-electron chi connectivity index (χ0n) is 8.04. The molecule has 1 aromatic rings. The van der Waals surface area contributed by atoms with E-state index in [-0.39, 0.29) is 5.76 Å². The third-order valence-corrected chi connectivity index (χ3v) is 3.57. The van der Waals surface area contributed by atoms with Crippen LogP contribution >= 0.6 is 15.9 Å². The molecule has 0 radical (unpaired) electrons. The molecule has 0 fully saturated rings. The first kappa shape index (κ1) is 9.59. The summed E-state index contributed by atoms with van der Waals surface area (Å²) in [6, 6.07) is 7.45. The smallest absolute Gasteiger partial charge is 0.140 e. The molecule has 0 bridgehead atoms. The van der Waals surface area contributed by atoms with Crippen molar-refractivity contribution in [2.24, 2.45) is 0 Å². The number of fused-ring (bicyclic) bond motifs is 1. The summed E-state index contributed by atoms with van der Waals surface area (Å²) in [4.78, 5) is 0. The standard InChI is InChI=1S/C11H11BrO2/c1-11(2)10(12)9(13)7-5-3-4-6-8(7)14-11/h3-6,13H,1-2H3. The number of halogens is 1. The van der Waals surface area contributed by atoms with Gasteiger partial charge in [-0.05, 0) is 41.9 Å². The lowest BCUT2D eigenvalue weighted by molar-refractivity contribution is 0.150. The van der Waals surface area contributed by atoms with Gasteiger partial charge in [0.05, 0.1) is 10.0 Å². The van der Waals surface area contributed by atoms with Gasteiger partial charge in [-0.1, -0.05) is 12.1 Å². The van der Waals surface area contributed by atoms with Crippen LogP contribution in [0.15, 0.2) is 28.7 Å². The molecule has 0 atom stereocenters. The molecular weight excluding hydrogens is 244 g/mol. The number of hydrogen-bond acceptors (Lipinski definition) is 2. The van der Waals surface area contributed by atoms with Gasteiger partial charge in [0.2, 0.25) is 0 Å². The van der Waals surface area contributed by atoms with Gasteiger partial charge in [0.25, 0.3) is 0 Å². The molecular formula is C11H11BrO2. The second-order valence-corrected chi connectivity index (χ2v) is 4.56. The summed E-state index contributed by atoms with van der Waals surface area (Å²) >= 11 is 3.35. The quantitative estimate of drug-likeness (QED) is 0.769. The molecule has 3 heteroatoms. The summed E-state index contributed by atoms with van der Waals surface area (Å²) < 4.78 is 6.42. The van der Waals surface area contributed by atoms with E-state index in [0.717, 1.165) is 11.3 Å². The lowest BCUT2D eigenvalue weighted by Crippen LogP contribution is -2.32. The first-order chi connectivity index (χ1) is 6.52. The van der Waals surface area contributed by atoms with Crippen LogP contribution in [0.25, 0.3) is 5.76 Å². The Kier molecular flexibility index (Phi) is 2.07. The molecule has 1 aromatic carbocycles. The highest BCUT2D eigenvalue weighted by Crippen LogP contribution is 2.41. The van der Waals surface area contributed by atoms with Gasteiger partial charge in [-0.25, -0.2) is 0 Å². The van der Waals surface area contributed by atoms with E-state index in [1.165, 1.54) is 0 Å². The third kappa shape index (κ3) is 1.32. The Hall–Kier alpha value is -0.960. The van der Waals surface area contributed by atoms with Gasteiger partial charge < -0.3 is 9.84 Å². The van der Waals surface area contributed by atoms with E-state index in [1.54, 1.807) is 0 Å². The van der Waals surface area contributed by atoms with Crippen LogP contribution in [0.1, 0.15) is 19.4 Å². The highest BCUT2D eigenvalue weighted by atomic mass is 79.9. The maximum atomic E-state index is 9.92. The van der Waals surface area contributed by atoms with E-state index in [0.29, 0.717) is 4.48 Å². The van der Waals surface area contributed by atoms with E-state index in [1.807, 2.05) is 38.1 Å². The van der Waals surface area contributed by atoms with E-state index >= 15 is 0 Å². The number of aliphatic hydroxyl groups is 1. The van der Waals surface area contributed by atoms with Crippen molar-refractivity contribution in [3.8, 4) is 5.75 Å². The molecule has 0 aromatic heterocycles. The van der Waals surface area contributed by atoms with Crippen LogP contribution in [0.3, 0.4) is 0 Å². The van der Waals surface area contributed by atoms with E-state index < -0.39 is 5.60 Å². The van der Waals surface area contributed by atoms with Crippen LogP contribution in [0, 0.1) is 0 Å². The predicted molar refractivity (Wildman–Crippen MR) is 59.6 cm³/mol. The zero-order valence-corrected chi connectivity index (χ0v) is 9.63. The van der Waals surface area contributed by atoms with Gasteiger partial charge in [-0.2, -0.15) is 0 Å². The summed E-state index contributed by atoms with van der Waals surface area (Å²) in [5, 5.41) is 9.92. The molecule has 2 rings (SSSR count). The van der Waals surface area contributed by atoms with Crippen molar-refractivity contribution in [1.29, 1.82) is 0 Å². The second-order valence-electron chi connectivity index (χ2n) is 3.77. The average Bonchev–Trinajstić information content (AvgIpc) is 2.14. The van der Waals surface area contributed by atoms with Crippen molar-refractivity contribution in [3.05, 3.63) is 34.3 Å². The van der Waals surface area contributed by atoms with Crippen LogP contribution in [0.4, 0.5) is 0 Å². The van der Waals surface area contributed by atoms with Crippen LogP contribution in [0.2, 0.25) is 0 Å². The summed E-state index contributed by atoms with van der Waals surface area (Å²) in [6.07, 6.45) is 0. The fourth-order valence-corrected chi connectivity index (χ4v) is 1.77. The van der Waals surface area contributed by atoms with Gasteiger partial charge in [0, 0.05) is 0 Å². The Labute approximate surface area is 91.3 Å². The molecule has 0 amide bonds. The Morgan fingerprint density at radius 1 is 1.29 bits per heavy atom. The molecule has 0 spiro atoms. The summed E-state index contributed by atoms with van der Waals surface area (Å²) in [7, 11) is 0. The lowest BCUT2D eigenvalue weighted by Gasteiger charge is -2.32. The molecule has 1 aliphatic heterocycles. The molecule has 0 saturated carbocycles. The topological polar surface area (TPSA) is 29.5 Å². The average molecular weight is 255 g/mol. The fraction of sp³-hybridized carbons (Fsp3) is 0.273. The Bertz CT molecular complexity index is 408. The van der Waals surface area contributed by atoms with Crippen molar-refractivity contribution < 1.29 is 9.84 Å². The monoisotopic (exact) mass is 254 g/mol. The van der Waals surface area contributed by atoms with Gasteiger partial charge in [-0.15, -0.1) is 0 Å². The van der Waals surface area contributed by atoms with Crippen LogP contribution in [-0.2, 0) is 0 Å². The van der Waals surface area contributed by atoms with Crippen LogP contribution in [-0.4, -0.2) is 10.7 Å². The van der Waals surface area contributed by atoms with E-state index in [2.05, 4.69) is 15.9 Å². The zero-order chi connectivity index (χ0) is 10.3. The lowest BCUT2D eigenvalue weighted by atomic mass is 10.0. The minimum absolute atomic E-state index is 0.261. The molecule has 0 aliphatic carbocycles. The first-order valence-corrected chi connectivity index (χ1v) is 5.19. The third-order valence-electron chi connectivity index (χ3n) is 2.24. The minimum atomic E-state index is -0.502. The number of aliphatic hydroxyl groups excluding tert-OH is 1. The first-order valence-electron chi connectivity index (χ1n) is 4.40. The Morgan fingerprint density at radius 2 is 1.93 bits per heavy atom. The molecule has 2 nitrogen and oxygen atoms in total. The summed E-state index contributed by atoms with van der Waals surface area (Å²) in [5.41, 5.74) is 0.233. The van der Waals surface area contributed by atoms with Crippen molar-refractivity contribution in [2.75, 3.05) is 0 Å². The number of benzene rings is 1. The van der Waals surface area contributed by atoms with Gasteiger partial charge in [-0.3, -0.25) is 0 Å². The minimum Gasteiger partial charge on any atom is -0.506 e. The molecule has 0 saturated heterocycles. The fourth-order valence-electron chi connectivity index (χ4n) is 1.47. The van der Waals surface area contributed by atoms with Crippen molar-refractivity contribution in [3.63, 3.8) is 0 Å². The van der Waals surface area contributed by atoms with Crippen molar-refractivity contribution in [2.45, 2.75) is 19.4 Å². The Morgan fingerprint density at radius 3 is 2.64 bits per heavy atom. The van der Waals surface area contributed by atoms with Crippen molar-refractivity contribution in [1.82, 2.24) is 0 Å². The molecule has 74 valence electrons. The van der Waals surface area contributed by atoms with Crippen LogP contribution in [0.5, 0.6) is 5.75 Å². The maximum absolute atomic E-state index is 9.92. The van der Waals surface area contributed by atoms with Crippen LogP contribution < -0.4 is 4.74 Å². The maximum Gasteiger partial charge on any atom is 0.140 e. The van der Waals surface area contributed by atoms with Gasteiger partial charge in [0.1, 0.15) is 17.1 Å². The highest BCUT2D eigenvalue weighted by Gasteiger charge is 2.33. The Balaban J connectivity index is 2.64. The van der Waals surface area contributed by atoms with Crippen molar-refractivity contribution >= 4 is 21.7 Å². The number of ether oxygens (including phenoxy) is 1.